The summed E-state index contributed by atoms with van der Waals surface area (Å²) in [7, 11) is 0. The van der Waals surface area contributed by atoms with E-state index < -0.39 is 0 Å². The van der Waals surface area contributed by atoms with Crippen LogP contribution < -0.4 is 4.90 Å². The van der Waals surface area contributed by atoms with Crippen LogP contribution >= 0.6 is 0 Å². The predicted molar refractivity (Wildman–Crippen MR) is 299 cm³/mol. The molecule has 3 nitrogen and oxygen atoms in total. The van der Waals surface area contributed by atoms with Crippen LogP contribution in [0.15, 0.2) is 286 Å². The number of benzene rings is 7. The highest BCUT2D eigenvalue weighted by Gasteiger charge is 2.22. The fourth-order valence-corrected chi connectivity index (χ4v) is 10.1. The lowest BCUT2D eigenvalue weighted by molar-refractivity contribution is 0.766. The fourth-order valence-electron chi connectivity index (χ4n) is 10.1. The van der Waals surface area contributed by atoms with E-state index in [0.29, 0.717) is 0 Å². The van der Waals surface area contributed by atoms with E-state index in [4.69, 9.17) is 0 Å². The zero-order chi connectivity index (χ0) is 47.2. The van der Waals surface area contributed by atoms with Crippen LogP contribution in [0.25, 0.3) is 82.3 Å². The molecule has 10 aromatic rings. The molecule has 0 saturated heterocycles. The van der Waals surface area contributed by atoms with Crippen LogP contribution in [-0.4, -0.2) is 15.0 Å². The number of allylic oxidation sites excluding steroid dienone is 13. The summed E-state index contributed by atoms with van der Waals surface area (Å²) in [6.07, 6.45) is 21.1. The summed E-state index contributed by atoms with van der Waals surface area (Å²) in [5.41, 5.74) is 17.0. The largest absolute Gasteiger partial charge is 0.335 e. The first kappa shape index (κ1) is 42.7. The van der Waals surface area contributed by atoms with Crippen molar-refractivity contribution in [3.05, 3.63) is 292 Å². The average molecular weight is 886 g/mol. The van der Waals surface area contributed by atoms with Gasteiger partial charge in [-0.3, -0.25) is 0 Å². The Labute approximate surface area is 403 Å². The first-order chi connectivity index (χ1) is 33.8. The third-order valence-electron chi connectivity index (χ3n) is 13.7. The number of nitrogens with zero attached hydrogens (tertiary/aromatic N) is 3. The minimum Gasteiger partial charge on any atom is -0.335 e. The van der Waals surface area contributed by atoms with E-state index in [-0.39, 0.29) is 6.04 Å². The van der Waals surface area contributed by atoms with Gasteiger partial charge in [0.25, 0.3) is 0 Å². The van der Waals surface area contributed by atoms with Gasteiger partial charge >= 0.3 is 0 Å². The maximum absolute atomic E-state index is 4.66. The van der Waals surface area contributed by atoms with Crippen molar-refractivity contribution in [2.24, 2.45) is 0 Å². The van der Waals surface area contributed by atoms with Gasteiger partial charge in [-0.2, -0.15) is 0 Å². The second kappa shape index (κ2) is 17.7. The summed E-state index contributed by atoms with van der Waals surface area (Å²) in [5, 5.41) is 7.60. The lowest BCUT2D eigenvalue weighted by Gasteiger charge is -2.33. The van der Waals surface area contributed by atoms with E-state index >= 15 is 0 Å². The molecule has 0 bridgehead atoms. The summed E-state index contributed by atoms with van der Waals surface area (Å²) in [6.45, 7) is 25.3. The van der Waals surface area contributed by atoms with Gasteiger partial charge in [0, 0.05) is 49.4 Å². The third kappa shape index (κ3) is 7.61. The topological polar surface area (TPSA) is 12.6 Å². The van der Waals surface area contributed by atoms with Gasteiger partial charge in [-0.25, -0.2) is 0 Å². The van der Waals surface area contributed by atoms with Crippen LogP contribution in [-0.2, 0) is 0 Å². The molecule has 0 saturated carbocycles. The molecular weight excluding hydrogens is 835 g/mol. The Kier molecular flexibility index (Phi) is 11.0. The van der Waals surface area contributed by atoms with E-state index in [0.717, 1.165) is 51.3 Å². The Morgan fingerprint density at radius 2 is 1.07 bits per heavy atom. The van der Waals surface area contributed by atoms with Crippen molar-refractivity contribution >= 4 is 71.2 Å². The minimum absolute atomic E-state index is 0.00987. The molecule has 69 heavy (non-hydrogen) atoms. The minimum atomic E-state index is 0.00987. The second-order valence-corrected chi connectivity index (χ2v) is 17.8. The van der Waals surface area contributed by atoms with Gasteiger partial charge < -0.3 is 13.9 Å². The molecule has 1 aliphatic carbocycles. The Morgan fingerprint density at radius 3 is 1.78 bits per heavy atom. The van der Waals surface area contributed by atoms with Gasteiger partial charge in [-0.15, -0.1) is 0 Å². The van der Waals surface area contributed by atoms with Gasteiger partial charge in [0.2, 0.25) is 0 Å². The van der Waals surface area contributed by atoms with Gasteiger partial charge in [0.1, 0.15) is 0 Å². The van der Waals surface area contributed by atoms with Gasteiger partial charge in [0.05, 0.1) is 33.6 Å². The predicted octanol–water partition coefficient (Wildman–Crippen LogP) is 17.4. The first-order valence-corrected chi connectivity index (χ1v) is 23.4. The highest BCUT2D eigenvalue weighted by atomic mass is 15.2. The summed E-state index contributed by atoms with van der Waals surface area (Å²) < 4.78 is 4.80. The van der Waals surface area contributed by atoms with Crippen LogP contribution in [0.5, 0.6) is 0 Å². The molecule has 0 fully saturated rings. The quantitative estimate of drug-likeness (QED) is 0.0992. The van der Waals surface area contributed by atoms with Crippen LogP contribution in [0.2, 0.25) is 0 Å². The number of hydrogen-bond acceptors (Lipinski definition) is 1. The van der Waals surface area contributed by atoms with Crippen molar-refractivity contribution in [2.75, 3.05) is 4.90 Å². The van der Waals surface area contributed by atoms with E-state index in [1.54, 1.807) is 6.08 Å². The molecule has 0 amide bonds. The number of fused-ring (bicyclic) bond motifs is 9. The SMILES string of the molecule is C=C/C=C\C(=C)C(=C)/C=C\C(=C)C(=C)/C=C\C(=C)N(c1ccc(-c2ccc3c(c2)c2cccc4c5ccccc5n3c42)cc1)C1C=CC(c2ccc3c4ccccc4n(-c4ccccc4)c3c2)=CC1. The molecule has 0 spiro atoms. The average Bonchev–Trinajstić information content (AvgIpc) is 4.04. The Balaban J connectivity index is 0.908. The van der Waals surface area contributed by atoms with Crippen molar-refractivity contribution in [3.63, 3.8) is 0 Å². The molecule has 3 heterocycles. The highest BCUT2D eigenvalue weighted by molar-refractivity contribution is 6.23. The summed E-state index contributed by atoms with van der Waals surface area (Å²) in [4.78, 5) is 2.33. The van der Waals surface area contributed by atoms with Crippen LogP contribution in [0, 0.1) is 0 Å². The molecule has 1 aliphatic rings. The number of hydrogen-bond donors (Lipinski definition) is 0. The van der Waals surface area contributed by atoms with Gasteiger partial charge in [-0.05, 0) is 112 Å². The number of anilines is 1. The molecule has 0 N–H and O–H groups in total. The Morgan fingerprint density at radius 1 is 0.493 bits per heavy atom. The molecule has 1 atom stereocenters. The first-order valence-electron chi connectivity index (χ1n) is 23.4. The number of rotatable bonds is 14. The van der Waals surface area contributed by atoms with Crippen LogP contribution in [0.4, 0.5) is 5.69 Å². The maximum atomic E-state index is 4.66. The molecule has 330 valence electrons. The van der Waals surface area contributed by atoms with Crippen molar-refractivity contribution in [1.82, 2.24) is 8.97 Å². The van der Waals surface area contributed by atoms with Crippen LogP contribution in [0.1, 0.15) is 12.0 Å². The summed E-state index contributed by atoms with van der Waals surface area (Å²) in [6, 6.07) is 57.4. The van der Waals surface area contributed by atoms with Crippen molar-refractivity contribution < 1.29 is 0 Å². The maximum Gasteiger partial charge on any atom is 0.0620 e. The molecule has 7 aromatic carbocycles. The van der Waals surface area contributed by atoms with Gasteiger partial charge in [0.15, 0.2) is 0 Å². The van der Waals surface area contributed by atoms with Crippen molar-refractivity contribution in [2.45, 2.75) is 12.5 Å². The van der Waals surface area contributed by atoms with Crippen LogP contribution in [0.3, 0.4) is 0 Å². The molecule has 3 aromatic heterocycles. The number of aromatic nitrogens is 2. The number of para-hydroxylation sites is 4. The van der Waals surface area contributed by atoms with Crippen molar-refractivity contribution in [1.29, 1.82) is 0 Å². The standard InChI is InChI=1S/C66H51N3/c1-7-8-17-44(2)45(3)26-27-46(4)47(5)28-29-48(6)67(55-38-32-50(33-39-55)52-34-40-58-56-20-12-14-24-62(56)68(65(58)43-52)53-18-10-9-11-19-53)54-36-30-49(31-37-54)51-35-41-64-61(42-51)60-23-16-22-59-57-21-13-15-25-63(57)69(64)66(59)60/h7-38,40-43,55H,1-6,39H2/b17-8-,27-26-,29-28-. The second-order valence-electron chi connectivity index (χ2n) is 17.8. The summed E-state index contributed by atoms with van der Waals surface area (Å²) in [5.74, 6) is 0. The molecule has 0 aliphatic heterocycles. The van der Waals surface area contributed by atoms with E-state index in [2.05, 4.69) is 229 Å². The zero-order valence-corrected chi connectivity index (χ0v) is 38.7. The molecule has 11 rings (SSSR count). The Bertz CT molecular complexity index is 3910. The third-order valence-corrected chi connectivity index (χ3v) is 13.7. The highest BCUT2D eigenvalue weighted by Crippen LogP contribution is 2.41. The van der Waals surface area contributed by atoms with Crippen molar-refractivity contribution in [3.8, 4) is 16.8 Å². The molecule has 1 unspecified atom stereocenters. The van der Waals surface area contributed by atoms with Gasteiger partial charge in [-0.1, -0.05) is 197 Å². The fraction of sp³-hybridized carbons (Fsp3) is 0.0303. The Hall–Kier alpha value is -8.92. The van der Waals surface area contributed by atoms with E-state index in [9.17, 15) is 0 Å². The smallest absolute Gasteiger partial charge is 0.0620 e. The molecule has 3 heteroatoms. The lowest BCUT2D eigenvalue weighted by Crippen LogP contribution is -2.32. The summed E-state index contributed by atoms with van der Waals surface area (Å²) >= 11 is 0. The van der Waals surface area contributed by atoms with E-state index in [1.807, 2.05) is 36.5 Å². The molecular formula is C66H51N3. The normalized spacial score (nSPS) is 14.1. The zero-order valence-electron chi connectivity index (χ0n) is 38.7. The monoisotopic (exact) mass is 885 g/mol. The lowest BCUT2D eigenvalue weighted by atomic mass is 9.94. The molecule has 0 radical (unpaired) electrons. The van der Waals surface area contributed by atoms with E-state index in [1.165, 1.54) is 76.6 Å².